The Morgan fingerprint density at radius 3 is 2.33 bits per heavy atom. The Labute approximate surface area is 76.0 Å². The summed E-state index contributed by atoms with van der Waals surface area (Å²) in [6.07, 6.45) is 6.76. The molecule has 1 aliphatic rings. The summed E-state index contributed by atoms with van der Waals surface area (Å²) < 4.78 is 0. The van der Waals surface area contributed by atoms with E-state index in [0.717, 1.165) is 12.5 Å². The number of hydrogen-bond acceptors (Lipinski definition) is 2. The molecular formula is C10H21NO. The summed E-state index contributed by atoms with van der Waals surface area (Å²) in [6, 6.07) is 0. The molecule has 0 aliphatic heterocycles. The summed E-state index contributed by atoms with van der Waals surface area (Å²) in [5, 5.41) is 3.38. The van der Waals surface area contributed by atoms with Crippen LogP contribution in [0.5, 0.6) is 0 Å². The first-order valence-electron chi connectivity index (χ1n) is 5.01. The van der Waals surface area contributed by atoms with E-state index in [-0.39, 0.29) is 0 Å². The summed E-state index contributed by atoms with van der Waals surface area (Å²) in [5.41, 5.74) is 0. The Kier molecular flexibility index (Phi) is 8.19. The Morgan fingerprint density at radius 2 is 1.83 bits per heavy atom. The molecule has 1 aliphatic carbocycles. The van der Waals surface area contributed by atoms with E-state index >= 15 is 0 Å². The van der Waals surface area contributed by atoms with Crippen LogP contribution in [-0.4, -0.2) is 13.3 Å². The van der Waals surface area contributed by atoms with Crippen LogP contribution in [-0.2, 0) is 4.84 Å². The fourth-order valence-corrected chi connectivity index (χ4v) is 1.51. The average Bonchev–Trinajstić information content (AvgIpc) is 2.19. The van der Waals surface area contributed by atoms with Crippen molar-refractivity contribution in [3.63, 3.8) is 0 Å². The Hall–Kier alpha value is -0.530. The third kappa shape index (κ3) is 5.16. The van der Waals surface area contributed by atoms with Crippen molar-refractivity contribution in [1.82, 2.24) is 0 Å². The van der Waals surface area contributed by atoms with Gasteiger partial charge in [0.2, 0.25) is 0 Å². The Bertz CT molecular complexity index is 98.0. The van der Waals surface area contributed by atoms with Gasteiger partial charge >= 0.3 is 0 Å². The minimum atomic E-state index is 0.749. The highest BCUT2D eigenvalue weighted by Crippen LogP contribution is 2.23. The third-order valence-corrected chi connectivity index (χ3v) is 2.13. The van der Waals surface area contributed by atoms with Gasteiger partial charge in [-0.2, -0.15) is 0 Å². The van der Waals surface area contributed by atoms with E-state index in [4.69, 9.17) is 4.84 Å². The summed E-state index contributed by atoms with van der Waals surface area (Å²) >= 11 is 0. The molecule has 2 nitrogen and oxygen atoms in total. The minimum absolute atomic E-state index is 0.749. The van der Waals surface area contributed by atoms with Crippen LogP contribution in [0.4, 0.5) is 0 Å². The lowest BCUT2D eigenvalue weighted by Gasteiger charge is -2.19. The fourth-order valence-electron chi connectivity index (χ4n) is 1.51. The van der Waals surface area contributed by atoms with E-state index in [1.54, 1.807) is 0 Å². The molecule has 0 radical (unpaired) electrons. The van der Waals surface area contributed by atoms with Gasteiger partial charge in [0.15, 0.2) is 0 Å². The molecule has 0 atom stereocenters. The number of rotatable bonds is 3. The second kappa shape index (κ2) is 8.57. The van der Waals surface area contributed by atoms with Gasteiger partial charge in [-0.1, -0.05) is 33.1 Å². The van der Waals surface area contributed by atoms with E-state index in [9.17, 15) is 0 Å². The molecule has 0 heterocycles. The first-order valence-corrected chi connectivity index (χ1v) is 5.01. The molecule has 0 N–H and O–H groups in total. The highest BCUT2D eigenvalue weighted by atomic mass is 16.6. The van der Waals surface area contributed by atoms with Crippen molar-refractivity contribution >= 4 is 6.72 Å². The SMILES string of the molecule is C=NOCC1CCCCC1.CC. The molecule has 1 saturated carbocycles. The molecule has 0 saturated heterocycles. The highest BCUT2D eigenvalue weighted by molar-refractivity contribution is 5.21. The molecule has 1 fully saturated rings. The summed E-state index contributed by atoms with van der Waals surface area (Å²) in [4.78, 5) is 4.89. The Balaban J connectivity index is 0.000000561. The fraction of sp³-hybridized carbons (Fsp3) is 0.900. The molecule has 0 aromatic rings. The van der Waals surface area contributed by atoms with Crippen LogP contribution >= 0.6 is 0 Å². The third-order valence-electron chi connectivity index (χ3n) is 2.13. The van der Waals surface area contributed by atoms with Crippen molar-refractivity contribution in [2.24, 2.45) is 11.1 Å². The molecule has 0 aromatic carbocycles. The van der Waals surface area contributed by atoms with Crippen LogP contribution < -0.4 is 0 Å². The van der Waals surface area contributed by atoms with Gasteiger partial charge in [-0.3, -0.25) is 0 Å². The molecule has 2 heteroatoms. The molecule has 0 aromatic heterocycles. The maximum atomic E-state index is 4.89. The quantitative estimate of drug-likeness (QED) is 0.472. The first kappa shape index (κ1) is 11.5. The lowest BCUT2D eigenvalue weighted by atomic mass is 9.90. The van der Waals surface area contributed by atoms with Crippen LogP contribution in [0.2, 0.25) is 0 Å². The predicted octanol–water partition coefficient (Wildman–Crippen LogP) is 3.23. The predicted molar refractivity (Wildman–Crippen MR) is 53.4 cm³/mol. The van der Waals surface area contributed by atoms with Crippen molar-refractivity contribution in [2.45, 2.75) is 46.0 Å². The molecule has 1 rings (SSSR count). The second-order valence-corrected chi connectivity index (χ2v) is 2.93. The lowest BCUT2D eigenvalue weighted by molar-refractivity contribution is 0.0936. The zero-order valence-electron chi connectivity index (χ0n) is 8.38. The van der Waals surface area contributed by atoms with E-state index in [0.29, 0.717) is 0 Å². The summed E-state index contributed by atoms with van der Waals surface area (Å²) in [6.45, 7) is 8.05. The molecule has 0 spiro atoms. The number of hydrogen-bond donors (Lipinski definition) is 0. The highest BCUT2D eigenvalue weighted by Gasteiger charge is 2.13. The maximum absolute atomic E-state index is 4.89. The van der Waals surface area contributed by atoms with Crippen LogP contribution in [0, 0.1) is 5.92 Å². The Morgan fingerprint density at radius 1 is 1.25 bits per heavy atom. The smallest absolute Gasteiger partial charge is 0.119 e. The lowest BCUT2D eigenvalue weighted by Crippen LogP contribution is -2.11. The zero-order chi connectivity index (χ0) is 9.23. The van der Waals surface area contributed by atoms with Crippen molar-refractivity contribution < 1.29 is 4.84 Å². The normalized spacial score (nSPS) is 17.5. The number of nitrogens with zero attached hydrogens (tertiary/aromatic N) is 1. The molecule has 0 bridgehead atoms. The van der Waals surface area contributed by atoms with Gasteiger partial charge in [0.1, 0.15) is 6.61 Å². The molecule has 0 amide bonds. The number of oxime groups is 1. The average molecular weight is 171 g/mol. The van der Waals surface area contributed by atoms with Gasteiger partial charge in [-0.25, -0.2) is 0 Å². The van der Waals surface area contributed by atoms with Crippen molar-refractivity contribution in [2.75, 3.05) is 6.61 Å². The van der Waals surface area contributed by atoms with Crippen molar-refractivity contribution in [3.05, 3.63) is 0 Å². The van der Waals surface area contributed by atoms with Gasteiger partial charge < -0.3 is 4.84 Å². The van der Waals surface area contributed by atoms with Gasteiger partial charge in [0.25, 0.3) is 0 Å². The van der Waals surface area contributed by atoms with E-state index < -0.39 is 0 Å². The van der Waals surface area contributed by atoms with Crippen LogP contribution in [0.1, 0.15) is 46.0 Å². The van der Waals surface area contributed by atoms with Crippen molar-refractivity contribution in [1.29, 1.82) is 0 Å². The van der Waals surface area contributed by atoms with E-state index in [2.05, 4.69) is 11.9 Å². The molecular weight excluding hydrogens is 150 g/mol. The van der Waals surface area contributed by atoms with Crippen LogP contribution in [0.3, 0.4) is 0 Å². The van der Waals surface area contributed by atoms with Gasteiger partial charge in [-0.15, -0.1) is 5.16 Å². The zero-order valence-corrected chi connectivity index (χ0v) is 8.38. The van der Waals surface area contributed by atoms with Gasteiger partial charge in [0.05, 0.1) is 0 Å². The standard InChI is InChI=1S/C8H15NO.C2H6/c1-9-10-7-8-5-3-2-4-6-8;1-2/h8H,1-7H2;1-2H3. The van der Waals surface area contributed by atoms with Crippen molar-refractivity contribution in [3.8, 4) is 0 Å². The summed E-state index contributed by atoms with van der Waals surface area (Å²) in [5.74, 6) is 0.749. The molecule has 0 unspecified atom stereocenters. The summed E-state index contributed by atoms with van der Waals surface area (Å²) in [7, 11) is 0. The van der Waals surface area contributed by atoms with Gasteiger partial charge in [0, 0.05) is 6.72 Å². The van der Waals surface area contributed by atoms with Crippen LogP contribution in [0.25, 0.3) is 0 Å². The van der Waals surface area contributed by atoms with Gasteiger partial charge in [-0.05, 0) is 18.8 Å². The monoisotopic (exact) mass is 171 g/mol. The maximum Gasteiger partial charge on any atom is 0.119 e. The first-order chi connectivity index (χ1) is 5.93. The topological polar surface area (TPSA) is 21.6 Å². The molecule has 12 heavy (non-hydrogen) atoms. The largest absolute Gasteiger partial charge is 0.396 e. The minimum Gasteiger partial charge on any atom is -0.396 e. The second-order valence-electron chi connectivity index (χ2n) is 2.93. The van der Waals surface area contributed by atoms with E-state index in [1.807, 2.05) is 13.8 Å². The molecule has 72 valence electrons. The van der Waals surface area contributed by atoms with Crippen LogP contribution in [0.15, 0.2) is 5.16 Å². The van der Waals surface area contributed by atoms with E-state index in [1.165, 1.54) is 32.1 Å².